The van der Waals surface area contributed by atoms with Crippen LogP contribution in [0.1, 0.15) is 31.2 Å². The molecule has 1 spiro atoms. The number of carbonyl (C=O) groups is 3. The number of carbonyl (C=O) groups excluding carboxylic acids is 3. The highest BCUT2D eigenvalue weighted by molar-refractivity contribution is 6.00. The van der Waals surface area contributed by atoms with E-state index in [2.05, 4.69) is 17.2 Å². The van der Waals surface area contributed by atoms with Crippen molar-refractivity contribution >= 4 is 17.7 Å². The maximum atomic E-state index is 13.5. The van der Waals surface area contributed by atoms with Gasteiger partial charge in [0.25, 0.3) is 0 Å². The lowest BCUT2D eigenvalue weighted by atomic mass is 9.74. The lowest BCUT2D eigenvalue weighted by Crippen LogP contribution is -2.56. The Morgan fingerprint density at radius 3 is 2.66 bits per heavy atom. The van der Waals surface area contributed by atoms with E-state index >= 15 is 0 Å². The molecule has 3 aliphatic heterocycles. The van der Waals surface area contributed by atoms with Crippen LogP contribution in [-0.4, -0.2) is 53.0 Å². The molecule has 1 saturated carbocycles. The number of benzene rings is 1. The smallest absolute Gasteiger partial charge is 0.246 e. The summed E-state index contributed by atoms with van der Waals surface area (Å²) in [5, 5.41) is 6.09. The fourth-order valence-corrected chi connectivity index (χ4v) is 5.86. The van der Waals surface area contributed by atoms with Crippen molar-refractivity contribution < 1.29 is 19.1 Å². The van der Waals surface area contributed by atoms with Crippen molar-refractivity contribution in [2.24, 2.45) is 11.8 Å². The van der Waals surface area contributed by atoms with E-state index in [1.807, 2.05) is 42.5 Å². The molecule has 32 heavy (non-hydrogen) atoms. The van der Waals surface area contributed by atoms with E-state index in [1.165, 1.54) is 4.90 Å². The number of amides is 3. The first-order chi connectivity index (χ1) is 15.5. The topological polar surface area (TPSA) is 87.7 Å². The second-order valence-corrected chi connectivity index (χ2v) is 9.17. The Hall–Kier alpha value is -2.93. The minimum atomic E-state index is -1.11. The highest BCUT2D eigenvalue weighted by Crippen LogP contribution is 2.55. The van der Waals surface area contributed by atoms with Gasteiger partial charge < -0.3 is 20.3 Å². The SMILES string of the molecule is C=CCN1C(=O)[C@@H]2[C@H](C(=O)NCc3ccccc3)[C@H]3C=C[C@@]2(O3)[C@@H]1C(=O)NC1CCCC1. The number of ether oxygens (including phenoxy) is 1. The first-order valence-corrected chi connectivity index (χ1v) is 11.5. The van der Waals surface area contributed by atoms with Crippen molar-refractivity contribution in [1.82, 2.24) is 15.5 Å². The summed E-state index contributed by atoms with van der Waals surface area (Å²) in [4.78, 5) is 41.6. The van der Waals surface area contributed by atoms with Gasteiger partial charge in [-0.1, -0.05) is 61.4 Å². The predicted molar refractivity (Wildman–Crippen MR) is 118 cm³/mol. The molecule has 2 saturated heterocycles. The number of nitrogens with one attached hydrogen (secondary N) is 2. The van der Waals surface area contributed by atoms with Crippen molar-refractivity contribution in [2.45, 2.75) is 56.0 Å². The summed E-state index contributed by atoms with van der Waals surface area (Å²) in [5.74, 6) is -2.02. The standard InChI is InChI=1S/C25H29N3O4/c1-2-14-28-21(23(30)27-17-10-6-7-11-17)25-13-12-18(32-25)19(20(25)24(28)31)22(29)26-15-16-8-4-3-5-9-16/h2-5,8-9,12-13,17-21H,1,6-7,10-11,14-15H2,(H,26,29)(H,27,30)/t18-,19-,20+,21+,25+/m1/s1. The molecule has 3 heterocycles. The zero-order chi connectivity index (χ0) is 22.3. The van der Waals surface area contributed by atoms with Gasteiger partial charge in [0, 0.05) is 19.1 Å². The molecule has 2 bridgehead atoms. The van der Waals surface area contributed by atoms with Crippen LogP contribution >= 0.6 is 0 Å². The van der Waals surface area contributed by atoms with E-state index in [4.69, 9.17) is 4.74 Å². The molecule has 1 aromatic carbocycles. The highest BCUT2D eigenvalue weighted by atomic mass is 16.5. The van der Waals surface area contributed by atoms with Crippen LogP contribution in [0, 0.1) is 11.8 Å². The second-order valence-electron chi connectivity index (χ2n) is 9.17. The van der Waals surface area contributed by atoms with Crippen LogP contribution in [0.25, 0.3) is 0 Å². The molecular formula is C25H29N3O4. The van der Waals surface area contributed by atoms with Gasteiger partial charge in [0.05, 0.1) is 17.9 Å². The number of hydrogen-bond acceptors (Lipinski definition) is 4. The Labute approximate surface area is 187 Å². The number of rotatable bonds is 7. The normalized spacial score (nSPS) is 32.9. The summed E-state index contributed by atoms with van der Waals surface area (Å²) in [6.07, 6.45) is 8.88. The average Bonchev–Trinajstić information content (AvgIpc) is 3.56. The number of hydrogen-bond donors (Lipinski definition) is 2. The molecule has 7 heteroatoms. The summed E-state index contributed by atoms with van der Waals surface area (Å²) in [6, 6.07) is 8.97. The van der Waals surface area contributed by atoms with E-state index in [9.17, 15) is 14.4 Å². The van der Waals surface area contributed by atoms with Crippen LogP contribution in [-0.2, 0) is 25.7 Å². The van der Waals surface area contributed by atoms with Gasteiger partial charge in [0.15, 0.2) is 0 Å². The molecule has 0 aromatic heterocycles. The van der Waals surface area contributed by atoms with Crippen molar-refractivity contribution in [1.29, 1.82) is 0 Å². The van der Waals surface area contributed by atoms with Crippen LogP contribution in [0.4, 0.5) is 0 Å². The Morgan fingerprint density at radius 2 is 1.94 bits per heavy atom. The predicted octanol–water partition coefficient (Wildman–Crippen LogP) is 1.70. The maximum absolute atomic E-state index is 13.5. The quantitative estimate of drug-likeness (QED) is 0.638. The van der Waals surface area contributed by atoms with Gasteiger partial charge in [-0.3, -0.25) is 14.4 Å². The third-order valence-electron chi connectivity index (χ3n) is 7.26. The summed E-state index contributed by atoms with van der Waals surface area (Å²) >= 11 is 0. The Kier molecular flexibility index (Phi) is 5.37. The molecular weight excluding hydrogens is 406 g/mol. The average molecular weight is 436 g/mol. The molecule has 168 valence electrons. The third-order valence-corrected chi connectivity index (χ3v) is 7.26. The van der Waals surface area contributed by atoms with Crippen LogP contribution in [0.2, 0.25) is 0 Å². The summed E-state index contributed by atoms with van der Waals surface area (Å²) in [7, 11) is 0. The minimum Gasteiger partial charge on any atom is -0.359 e. The fraction of sp³-hybridized carbons (Fsp3) is 0.480. The molecule has 0 radical (unpaired) electrons. The van der Waals surface area contributed by atoms with Crippen LogP contribution in [0.5, 0.6) is 0 Å². The van der Waals surface area contributed by atoms with Gasteiger partial charge >= 0.3 is 0 Å². The minimum absolute atomic E-state index is 0.131. The fourth-order valence-electron chi connectivity index (χ4n) is 5.86. The zero-order valence-electron chi connectivity index (χ0n) is 18.0. The molecule has 1 aromatic rings. The van der Waals surface area contributed by atoms with Gasteiger partial charge in [-0.25, -0.2) is 0 Å². The molecule has 5 rings (SSSR count). The second kappa shape index (κ2) is 8.20. The van der Waals surface area contributed by atoms with Crippen molar-refractivity contribution in [3.8, 4) is 0 Å². The molecule has 2 N–H and O–H groups in total. The molecule has 1 aliphatic carbocycles. The van der Waals surface area contributed by atoms with Crippen LogP contribution < -0.4 is 10.6 Å². The van der Waals surface area contributed by atoms with Crippen molar-refractivity contribution in [3.05, 3.63) is 60.7 Å². The Bertz CT molecular complexity index is 955. The molecule has 3 fully saturated rings. The summed E-state index contributed by atoms with van der Waals surface area (Å²) < 4.78 is 6.29. The van der Waals surface area contributed by atoms with E-state index < -0.39 is 29.6 Å². The first kappa shape index (κ1) is 20.9. The molecule has 7 nitrogen and oxygen atoms in total. The summed E-state index contributed by atoms with van der Waals surface area (Å²) in [6.45, 7) is 4.38. The van der Waals surface area contributed by atoms with Gasteiger partial charge in [-0.2, -0.15) is 0 Å². The van der Waals surface area contributed by atoms with E-state index in [-0.39, 0.29) is 30.3 Å². The Morgan fingerprint density at radius 1 is 1.19 bits per heavy atom. The largest absolute Gasteiger partial charge is 0.359 e. The lowest BCUT2D eigenvalue weighted by Gasteiger charge is -2.32. The maximum Gasteiger partial charge on any atom is 0.246 e. The van der Waals surface area contributed by atoms with E-state index in [0.29, 0.717) is 6.54 Å². The molecule has 3 amide bonds. The summed E-state index contributed by atoms with van der Waals surface area (Å²) in [5.41, 5.74) is -0.127. The van der Waals surface area contributed by atoms with Crippen molar-refractivity contribution in [3.63, 3.8) is 0 Å². The Balaban J connectivity index is 1.39. The monoisotopic (exact) mass is 435 g/mol. The van der Waals surface area contributed by atoms with E-state index in [0.717, 1.165) is 31.2 Å². The first-order valence-electron chi connectivity index (χ1n) is 11.5. The van der Waals surface area contributed by atoms with Crippen LogP contribution in [0.15, 0.2) is 55.1 Å². The van der Waals surface area contributed by atoms with Gasteiger partial charge in [0.1, 0.15) is 11.6 Å². The number of fused-ring (bicyclic) bond motifs is 1. The van der Waals surface area contributed by atoms with Gasteiger partial charge in [0.2, 0.25) is 17.7 Å². The highest BCUT2D eigenvalue weighted by Gasteiger charge is 2.72. The number of likely N-dealkylation sites (tertiary alicyclic amines) is 1. The zero-order valence-corrected chi connectivity index (χ0v) is 18.0. The third kappa shape index (κ3) is 3.26. The molecule has 5 atom stereocenters. The van der Waals surface area contributed by atoms with Gasteiger partial charge in [-0.05, 0) is 18.4 Å². The van der Waals surface area contributed by atoms with Gasteiger partial charge in [-0.15, -0.1) is 6.58 Å². The van der Waals surface area contributed by atoms with Crippen molar-refractivity contribution in [2.75, 3.05) is 6.54 Å². The molecule has 0 unspecified atom stereocenters. The lowest BCUT2D eigenvalue weighted by molar-refractivity contribution is -0.141. The number of nitrogens with zero attached hydrogens (tertiary/aromatic N) is 1. The van der Waals surface area contributed by atoms with Crippen LogP contribution in [0.3, 0.4) is 0 Å². The van der Waals surface area contributed by atoms with E-state index in [1.54, 1.807) is 6.08 Å². The molecule has 4 aliphatic rings.